The molecule has 0 amide bonds. The Balaban J connectivity index is 3.00. The van der Waals surface area contributed by atoms with Crippen LogP contribution in [0.15, 0.2) is 6.20 Å². The predicted molar refractivity (Wildman–Crippen MR) is 57.7 cm³/mol. The summed E-state index contributed by atoms with van der Waals surface area (Å²) in [6.07, 6.45) is 2.83. The van der Waals surface area contributed by atoms with E-state index in [1.807, 2.05) is 27.1 Å². The number of rotatable bonds is 1. The second kappa shape index (κ2) is 3.85. The van der Waals surface area contributed by atoms with E-state index in [1.54, 1.807) is 4.68 Å². The average Bonchev–Trinajstić information content (AvgIpc) is 2.41. The van der Waals surface area contributed by atoms with Crippen molar-refractivity contribution < 1.29 is 0 Å². The Bertz CT molecular complexity index is 371. The molecule has 0 unspecified atom stereocenters. The third-order valence-electron chi connectivity index (χ3n) is 1.76. The lowest BCUT2D eigenvalue weighted by Crippen LogP contribution is -2.29. The van der Waals surface area contributed by atoms with Crippen LogP contribution in [0, 0.1) is 11.8 Å². The Labute approximate surface area is 85.3 Å². The van der Waals surface area contributed by atoms with Crippen LogP contribution in [0.25, 0.3) is 0 Å². The number of aromatic nitrogens is 2. The van der Waals surface area contributed by atoms with Crippen molar-refractivity contribution in [2.24, 2.45) is 12.8 Å². The van der Waals surface area contributed by atoms with Gasteiger partial charge in [0, 0.05) is 13.2 Å². The molecule has 2 N–H and O–H groups in total. The van der Waals surface area contributed by atoms with Crippen molar-refractivity contribution in [3.8, 4) is 11.8 Å². The number of nitrogens with two attached hydrogens (primary N) is 1. The van der Waals surface area contributed by atoms with E-state index >= 15 is 0 Å². The average molecular weight is 191 g/mol. The molecule has 0 fully saturated rings. The highest BCUT2D eigenvalue weighted by Crippen LogP contribution is 2.05. The Kier molecular flexibility index (Phi) is 2.97. The standard InChI is InChI=1S/C11H17N3/c1-5-10-9(8-14(4)13-10)6-7-11(2,3)12/h8H,5,12H2,1-4H3. The summed E-state index contributed by atoms with van der Waals surface area (Å²) in [4.78, 5) is 0. The van der Waals surface area contributed by atoms with E-state index in [9.17, 15) is 0 Å². The van der Waals surface area contributed by atoms with Crippen molar-refractivity contribution in [2.75, 3.05) is 0 Å². The molecular formula is C11H17N3. The van der Waals surface area contributed by atoms with Crippen molar-refractivity contribution in [2.45, 2.75) is 32.7 Å². The van der Waals surface area contributed by atoms with Gasteiger partial charge in [-0.15, -0.1) is 0 Å². The quantitative estimate of drug-likeness (QED) is 0.675. The lowest BCUT2D eigenvalue weighted by atomic mass is 10.1. The maximum atomic E-state index is 5.78. The number of hydrogen-bond donors (Lipinski definition) is 1. The van der Waals surface area contributed by atoms with Crippen LogP contribution in [0.3, 0.4) is 0 Å². The topological polar surface area (TPSA) is 43.8 Å². The molecule has 0 radical (unpaired) electrons. The largest absolute Gasteiger partial charge is 0.316 e. The van der Waals surface area contributed by atoms with E-state index in [1.165, 1.54) is 0 Å². The molecule has 0 saturated heterocycles. The summed E-state index contributed by atoms with van der Waals surface area (Å²) in [6.45, 7) is 5.85. The molecule has 0 bridgehead atoms. The fraction of sp³-hybridized carbons (Fsp3) is 0.545. The van der Waals surface area contributed by atoms with Crippen LogP contribution in [-0.2, 0) is 13.5 Å². The van der Waals surface area contributed by atoms with Gasteiger partial charge in [0.05, 0.1) is 16.8 Å². The Morgan fingerprint density at radius 2 is 2.21 bits per heavy atom. The molecule has 0 aliphatic heterocycles. The molecule has 0 aliphatic rings. The maximum Gasteiger partial charge on any atom is 0.0778 e. The normalized spacial score (nSPS) is 10.9. The molecular weight excluding hydrogens is 174 g/mol. The van der Waals surface area contributed by atoms with Gasteiger partial charge in [-0.05, 0) is 20.3 Å². The number of hydrogen-bond acceptors (Lipinski definition) is 2. The first-order chi connectivity index (χ1) is 6.42. The molecule has 1 aromatic rings. The Morgan fingerprint density at radius 1 is 1.57 bits per heavy atom. The van der Waals surface area contributed by atoms with E-state index in [0.29, 0.717) is 0 Å². The summed E-state index contributed by atoms with van der Waals surface area (Å²) in [5, 5.41) is 4.30. The van der Waals surface area contributed by atoms with Crippen LogP contribution in [0.1, 0.15) is 32.0 Å². The van der Waals surface area contributed by atoms with Crippen molar-refractivity contribution in [3.63, 3.8) is 0 Å². The first kappa shape index (κ1) is 10.8. The number of nitrogens with zero attached hydrogens (tertiary/aromatic N) is 2. The highest BCUT2D eigenvalue weighted by atomic mass is 15.2. The first-order valence-corrected chi connectivity index (χ1v) is 4.77. The molecule has 0 aliphatic carbocycles. The van der Waals surface area contributed by atoms with E-state index in [-0.39, 0.29) is 0 Å². The van der Waals surface area contributed by atoms with Gasteiger partial charge in [0.15, 0.2) is 0 Å². The fourth-order valence-corrected chi connectivity index (χ4v) is 1.13. The molecule has 1 heterocycles. The minimum absolute atomic E-state index is 0.444. The van der Waals surface area contributed by atoms with Gasteiger partial charge >= 0.3 is 0 Å². The van der Waals surface area contributed by atoms with E-state index in [4.69, 9.17) is 5.73 Å². The summed E-state index contributed by atoms with van der Waals surface area (Å²) in [5.41, 5.74) is 7.35. The summed E-state index contributed by atoms with van der Waals surface area (Å²) >= 11 is 0. The van der Waals surface area contributed by atoms with Crippen LogP contribution in [0.4, 0.5) is 0 Å². The van der Waals surface area contributed by atoms with Gasteiger partial charge in [0.2, 0.25) is 0 Å². The second-order valence-corrected chi connectivity index (χ2v) is 3.99. The molecule has 1 rings (SSSR count). The highest BCUT2D eigenvalue weighted by Gasteiger charge is 2.06. The zero-order valence-corrected chi connectivity index (χ0v) is 9.26. The van der Waals surface area contributed by atoms with Gasteiger partial charge in [-0.3, -0.25) is 4.68 Å². The van der Waals surface area contributed by atoms with E-state index in [2.05, 4.69) is 23.9 Å². The summed E-state index contributed by atoms with van der Waals surface area (Å²) < 4.78 is 1.78. The van der Waals surface area contributed by atoms with Crippen molar-refractivity contribution in [1.29, 1.82) is 0 Å². The van der Waals surface area contributed by atoms with Crippen LogP contribution in [-0.4, -0.2) is 15.3 Å². The molecule has 1 aromatic heterocycles. The molecule has 3 heteroatoms. The van der Waals surface area contributed by atoms with Crippen molar-refractivity contribution >= 4 is 0 Å². The summed E-state index contributed by atoms with van der Waals surface area (Å²) in [5.74, 6) is 6.07. The van der Waals surface area contributed by atoms with Crippen LogP contribution in [0.5, 0.6) is 0 Å². The molecule has 0 atom stereocenters. The molecule has 0 aromatic carbocycles. The molecule has 0 spiro atoms. The SMILES string of the molecule is CCc1nn(C)cc1C#CC(C)(C)N. The summed E-state index contributed by atoms with van der Waals surface area (Å²) in [6, 6.07) is 0. The van der Waals surface area contributed by atoms with Gasteiger partial charge in [0.1, 0.15) is 0 Å². The van der Waals surface area contributed by atoms with Crippen LogP contribution < -0.4 is 5.73 Å². The smallest absolute Gasteiger partial charge is 0.0778 e. The predicted octanol–water partition coefficient (Wildman–Crippen LogP) is 1.07. The maximum absolute atomic E-state index is 5.78. The lowest BCUT2D eigenvalue weighted by Gasteiger charge is -2.07. The Hall–Kier alpha value is -1.27. The van der Waals surface area contributed by atoms with Gasteiger partial charge in [0.25, 0.3) is 0 Å². The van der Waals surface area contributed by atoms with Gasteiger partial charge in [-0.25, -0.2) is 0 Å². The zero-order chi connectivity index (χ0) is 10.8. The van der Waals surface area contributed by atoms with Gasteiger partial charge in [-0.1, -0.05) is 18.8 Å². The van der Waals surface area contributed by atoms with Gasteiger partial charge < -0.3 is 5.73 Å². The minimum atomic E-state index is -0.444. The fourth-order valence-electron chi connectivity index (χ4n) is 1.13. The molecule has 0 saturated carbocycles. The number of aryl methyl sites for hydroxylation is 2. The van der Waals surface area contributed by atoms with Crippen molar-refractivity contribution in [3.05, 3.63) is 17.5 Å². The zero-order valence-electron chi connectivity index (χ0n) is 9.26. The van der Waals surface area contributed by atoms with Crippen LogP contribution in [0.2, 0.25) is 0 Å². The molecule has 14 heavy (non-hydrogen) atoms. The second-order valence-electron chi connectivity index (χ2n) is 3.99. The van der Waals surface area contributed by atoms with E-state index < -0.39 is 5.54 Å². The minimum Gasteiger partial charge on any atom is -0.316 e. The Morgan fingerprint density at radius 3 is 2.71 bits per heavy atom. The molecule has 76 valence electrons. The third-order valence-corrected chi connectivity index (χ3v) is 1.76. The lowest BCUT2D eigenvalue weighted by molar-refractivity contribution is 0.680. The monoisotopic (exact) mass is 191 g/mol. The van der Waals surface area contributed by atoms with Gasteiger partial charge in [-0.2, -0.15) is 5.10 Å². The summed E-state index contributed by atoms with van der Waals surface area (Å²) in [7, 11) is 1.90. The third kappa shape index (κ3) is 2.90. The van der Waals surface area contributed by atoms with Crippen LogP contribution >= 0.6 is 0 Å². The molecule has 3 nitrogen and oxygen atoms in total. The van der Waals surface area contributed by atoms with E-state index in [0.717, 1.165) is 17.7 Å². The highest BCUT2D eigenvalue weighted by molar-refractivity contribution is 5.38. The first-order valence-electron chi connectivity index (χ1n) is 4.77. The van der Waals surface area contributed by atoms with Crippen molar-refractivity contribution in [1.82, 2.24) is 9.78 Å².